The van der Waals surface area contributed by atoms with Gasteiger partial charge in [0.05, 0.1) is 25.9 Å². The first-order valence-corrected chi connectivity index (χ1v) is 8.38. The van der Waals surface area contributed by atoms with Crippen LogP contribution in [0.1, 0.15) is 13.8 Å². The summed E-state index contributed by atoms with van der Waals surface area (Å²) in [5.74, 6) is 1.40. The molecule has 0 radical (unpaired) electrons. The van der Waals surface area contributed by atoms with Crippen molar-refractivity contribution in [3.63, 3.8) is 0 Å². The zero-order valence-corrected chi connectivity index (χ0v) is 15.7. The van der Waals surface area contributed by atoms with Crippen LogP contribution < -0.4 is 14.2 Å². The standard InChI is InChI=1S/C20H21NO6/c1-12(11-27-13(2)22)7-9-25-16-6-5-14-17(19(16)24-4)21-20-15(8-10-26-20)18(14)23-3/h5-8,10H,9,11H2,1-4H3. The van der Waals surface area contributed by atoms with Gasteiger partial charge < -0.3 is 23.4 Å². The summed E-state index contributed by atoms with van der Waals surface area (Å²) in [6.45, 7) is 3.78. The summed E-state index contributed by atoms with van der Waals surface area (Å²) in [5, 5.41) is 1.60. The van der Waals surface area contributed by atoms with Gasteiger partial charge >= 0.3 is 5.97 Å². The van der Waals surface area contributed by atoms with Crippen molar-refractivity contribution in [2.75, 3.05) is 27.4 Å². The van der Waals surface area contributed by atoms with Crippen LogP contribution in [0, 0.1) is 0 Å². The van der Waals surface area contributed by atoms with Crippen LogP contribution in [0.15, 0.2) is 40.5 Å². The molecule has 0 unspecified atom stereocenters. The lowest BCUT2D eigenvalue weighted by Crippen LogP contribution is -2.04. The number of methoxy groups -OCH3 is 2. The van der Waals surface area contributed by atoms with Crippen LogP contribution in [-0.4, -0.2) is 38.4 Å². The first-order chi connectivity index (χ1) is 13.0. The number of aromatic nitrogens is 1. The molecule has 0 bridgehead atoms. The molecule has 2 heterocycles. The van der Waals surface area contributed by atoms with Gasteiger partial charge in [0.25, 0.3) is 0 Å². The Labute approximate surface area is 156 Å². The number of carbonyl (C=O) groups excluding carboxylic acids is 1. The molecule has 0 N–H and O–H groups in total. The van der Waals surface area contributed by atoms with Crippen LogP contribution in [-0.2, 0) is 9.53 Å². The van der Waals surface area contributed by atoms with Gasteiger partial charge in [0.1, 0.15) is 24.5 Å². The van der Waals surface area contributed by atoms with Crippen LogP contribution in [0.4, 0.5) is 0 Å². The van der Waals surface area contributed by atoms with Crippen molar-refractivity contribution < 1.29 is 28.2 Å². The summed E-state index contributed by atoms with van der Waals surface area (Å²) >= 11 is 0. The van der Waals surface area contributed by atoms with Crippen LogP contribution in [0.5, 0.6) is 17.2 Å². The van der Waals surface area contributed by atoms with Crippen molar-refractivity contribution in [3.8, 4) is 17.2 Å². The Morgan fingerprint density at radius 3 is 2.59 bits per heavy atom. The fourth-order valence-corrected chi connectivity index (χ4v) is 2.73. The van der Waals surface area contributed by atoms with Crippen LogP contribution >= 0.6 is 0 Å². The quantitative estimate of drug-likeness (QED) is 0.460. The topological polar surface area (TPSA) is 80.0 Å². The summed E-state index contributed by atoms with van der Waals surface area (Å²) in [7, 11) is 3.17. The van der Waals surface area contributed by atoms with Crippen molar-refractivity contribution in [1.82, 2.24) is 4.98 Å². The van der Waals surface area contributed by atoms with Gasteiger partial charge in [0, 0.05) is 12.3 Å². The van der Waals surface area contributed by atoms with E-state index in [1.807, 2.05) is 31.2 Å². The number of nitrogens with zero attached hydrogens (tertiary/aromatic N) is 1. The second-order valence-electron chi connectivity index (χ2n) is 5.92. The molecule has 0 saturated carbocycles. The summed E-state index contributed by atoms with van der Waals surface area (Å²) in [6.07, 6.45) is 3.41. The maximum Gasteiger partial charge on any atom is 0.302 e. The third kappa shape index (κ3) is 3.81. The highest BCUT2D eigenvalue weighted by molar-refractivity contribution is 6.02. The SMILES string of the molecule is COc1c2ccoc2nc2c(OC)c(OCC=C(C)COC(C)=O)ccc12. The summed E-state index contributed by atoms with van der Waals surface area (Å²) in [4.78, 5) is 15.4. The first kappa shape index (κ1) is 18.6. The number of ether oxygens (including phenoxy) is 4. The average molecular weight is 371 g/mol. The van der Waals surface area contributed by atoms with E-state index in [0.717, 1.165) is 16.3 Å². The number of benzene rings is 1. The Morgan fingerprint density at radius 2 is 1.89 bits per heavy atom. The highest BCUT2D eigenvalue weighted by Gasteiger charge is 2.18. The molecular formula is C20H21NO6. The molecule has 7 heteroatoms. The molecule has 0 spiro atoms. The molecule has 0 aliphatic rings. The lowest BCUT2D eigenvalue weighted by atomic mass is 10.1. The normalized spacial score (nSPS) is 11.6. The molecule has 27 heavy (non-hydrogen) atoms. The molecule has 3 aromatic rings. The van der Waals surface area contributed by atoms with Gasteiger partial charge in [-0.1, -0.05) is 0 Å². The van der Waals surface area contributed by atoms with Gasteiger partial charge in [-0.3, -0.25) is 4.79 Å². The smallest absolute Gasteiger partial charge is 0.302 e. The van der Waals surface area contributed by atoms with Gasteiger partial charge in [-0.25, -0.2) is 4.98 Å². The third-order valence-corrected chi connectivity index (χ3v) is 4.02. The van der Waals surface area contributed by atoms with Crippen molar-refractivity contribution in [1.29, 1.82) is 0 Å². The molecule has 7 nitrogen and oxygen atoms in total. The van der Waals surface area contributed by atoms with E-state index in [0.29, 0.717) is 35.1 Å². The van der Waals surface area contributed by atoms with Crippen LogP contribution in [0.2, 0.25) is 0 Å². The van der Waals surface area contributed by atoms with Crippen molar-refractivity contribution in [3.05, 3.63) is 36.1 Å². The monoisotopic (exact) mass is 371 g/mol. The largest absolute Gasteiger partial charge is 0.495 e. The molecule has 0 saturated heterocycles. The molecule has 1 aromatic carbocycles. The maximum absolute atomic E-state index is 10.9. The number of rotatable bonds is 7. The number of furan rings is 1. The third-order valence-electron chi connectivity index (χ3n) is 4.02. The second-order valence-corrected chi connectivity index (χ2v) is 5.92. The van der Waals surface area contributed by atoms with E-state index < -0.39 is 0 Å². The van der Waals surface area contributed by atoms with Gasteiger partial charge in [-0.05, 0) is 36.8 Å². The summed E-state index contributed by atoms with van der Waals surface area (Å²) in [6, 6.07) is 5.50. The number of hydrogen-bond acceptors (Lipinski definition) is 7. The molecular weight excluding hydrogens is 350 g/mol. The van der Waals surface area contributed by atoms with Crippen LogP contribution in [0.25, 0.3) is 22.0 Å². The van der Waals surface area contributed by atoms with Crippen molar-refractivity contribution in [2.45, 2.75) is 13.8 Å². The predicted molar refractivity (Wildman–Crippen MR) is 101 cm³/mol. The molecule has 142 valence electrons. The molecule has 0 amide bonds. The van der Waals surface area contributed by atoms with E-state index in [4.69, 9.17) is 23.4 Å². The Morgan fingerprint density at radius 1 is 1.11 bits per heavy atom. The maximum atomic E-state index is 10.9. The van der Waals surface area contributed by atoms with E-state index in [2.05, 4.69) is 4.98 Å². The van der Waals surface area contributed by atoms with Gasteiger partial charge in [-0.15, -0.1) is 0 Å². The molecule has 0 atom stereocenters. The number of hydrogen-bond donors (Lipinski definition) is 0. The van der Waals surface area contributed by atoms with E-state index >= 15 is 0 Å². The van der Waals surface area contributed by atoms with E-state index in [1.165, 1.54) is 6.92 Å². The minimum atomic E-state index is -0.316. The molecule has 0 aliphatic heterocycles. The minimum absolute atomic E-state index is 0.239. The van der Waals surface area contributed by atoms with E-state index in [9.17, 15) is 4.79 Å². The fraction of sp³-hybridized carbons (Fsp3) is 0.300. The van der Waals surface area contributed by atoms with Crippen molar-refractivity contribution in [2.24, 2.45) is 0 Å². The van der Waals surface area contributed by atoms with Crippen molar-refractivity contribution >= 4 is 28.0 Å². The number of carbonyl (C=O) groups is 1. The minimum Gasteiger partial charge on any atom is -0.495 e. The molecule has 0 fully saturated rings. The first-order valence-electron chi connectivity index (χ1n) is 8.38. The van der Waals surface area contributed by atoms with Gasteiger partial charge in [-0.2, -0.15) is 0 Å². The summed E-state index contributed by atoms with van der Waals surface area (Å²) in [5.41, 5.74) is 1.95. The number of pyridine rings is 1. The van der Waals surface area contributed by atoms with E-state index in [-0.39, 0.29) is 12.6 Å². The summed E-state index contributed by atoms with van der Waals surface area (Å²) < 4.78 is 27.3. The Kier molecular flexibility index (Phi) is 5.49. The average Bonchev–Trinajstić information content (AvgIpc) is 3.12. The van der Waals surface area contributed by atoms with E-state index in [1.54, 1.807) is 20.5 Å². The lowest BCUT2D eigenvalue weighted by Gasteiger charge is -2.13. The second kappa shape index (κ2) is 7.99. The lowest BCUT2D eigenvalue weighted by molar-refractivity contribution is -0.139. The Balaban J connectivity index is 1.91. The molecule has 3 rings (SSSR count). The fourth-order valence-electron chi connectivity index (χ4n) is 2.73. The molecule has 0 aliphatic carbocycles. The number of fused-ring (bicyclic) bond motifs is 2. The number of esters is 1. The zero-order chi connectivity index (χ0) is 19.4. The van der Waals surface area contributed by atoms with Crippen LogP contribution in [0.3, 0.4) is 0 Å². The van der Waals surface area contributed by atoms with Gasteiger partial charge in [0.15, 0.2) is 11.5 Å². The Bertz CT molecular complexity index is 1000. The molecule has 2 aromatic heterocycles. The Hall–Kier alpha value is -3.22. The highest BCUT2D eigenvalue weighted by Crippen LogP contribution is 2.41. The highest BCUT2D eigenvalue weighted by atomic mass is 16.5. The van der Waals surface area contributed by atoms with Gasteiger partial charge in [0.2, 0.25) is 5.71 Å². The zero-order valence-electron chi connectivity index (χ0n) is 15.7. The predicted octanol–water partition coefficient (Wildman–Crippen LogP) is 3.89.